The van der Waals surface area contributed by atoms with Crippen LogP contribution in [0.3, 0.4) is 0 Å². The van der Waals surface area contributed by atoms with Crippen molar-refractivity contribution in [3.05, 3.63) is 0 Å². The van der Waals surface area contributed by atoms with Crippen LogP contribution in [0.5, 0.6) is 0 Å². The van der Waals surface area contributed by atoms with Crippen molar-refractivity contribution in [2.45, 2.75) is 128 Å². The van der Waals surface area contributed by atoms with Crippen molar-refractivity contribution in [1.29, 1.82) is 0 Å². The molecule has 2 N–H and O–H groups in total. The maximum absolute atomic E-state index is 9.97. The van der Waals surface area contributed by atoms with Crippen molar-refractivity contribution in [2.24, 2.45) is 5.92 Å². The van der Waals surface area contributed by atoms with Gasteiger partial charge in [-0.1, -0.05) is 90.4 Å². The van der Waals surface area contributed by atoms with Gasteiger partial charge in [-0.25, -0.2) is 0 Å². The lowest BCUT2D eigenvalue weighted by molar-refractivity contribution is 0.00294. The van der Waals surface area contributed by atoms with Gasteiger partial charge in [0.1, 0.15) is 0 Å². The molecule has 3 unspecified atom stereocenters. The Bertz CT molecular complexity index is 254. The lowest BCUT2D eigenvalue weighted by Gasteiger charge is -2.30. The van der Waals surface area contributed by atoms with Gasteiger partial charge in [-0.15, -0.1) is 0 Å². The summed E-state index contributed by atoms with van der Waals surface area (Å²) in [6, 6.07) is 0. The number of hydrogen-bond acceptors (Lipinski definition) is 2. The van der Waals surface area contributed by atoms with Crippen LogP contribution in [0.4, 0.5) is 0 Å². The van der Waals surface area contributed by atoms with E-state index in [0.29, 0.717) is 5.92 Å². The largest absolute Gasteiger partial charge is 0.393 e. The van der Waals surface area contributed by atoms with Gasteiger partial charge >= 0.3 is 0 Å². The van der Waals surface area contributed by atoms with Gasteiger partial charge in [-0.2, -0.15) is 0 Å². The topological polar surface area (TPSA) is 40.5 Å². The molecular weight excluding hydrogens is 284 g/mol. The first-order valence-corrected chi connectivity index (χ1v) is 10.6. The molecule has 0 bridgehead atoms. The SMILES string of the molecule is CCCCCCCCCCCCCCCC1CC(O)CCC1O. The standard InChI is InChI=1S/C21H42O2/c1-2-3-4-5-6-7-8-9-10-11-12-13-14-15-19-18-20(22)16-17-21(19)23/h19-23H,2-18H2,1H3. The molecule has 0 amide bonds. The highest BCUT2D eigenvalue weighted by Crippen LogP contribution is 2.29. The fourth-order valence-corrected chi connectivity index (χ4v) is 3.96. The first-order valence-electron chi connectivity index (χ1n) is 10.6. The summed E-state index contributed by atoms with van der Waals surface area (Å²) in [5, 5.41) is 19.7. The van der Waals surface area contributed by atoms with Gasteiger partial charge in [0.05, 0.1) is 12.2 Å². The van der Waals surface area contributed by atoms with Gasteiger partial charge in [-0.05, 0) is 31.6 Å². The van der Waals surface area contributed by atoms with Crippen LogP contribution in [0.1, 0.15) is 116 Å². The molecular formula is C21H42O2. The molecule has 1 saturated carbocycles. The van der Waals surface area contributed by atoms with Crippen LogP contribution in [0.25, 0.3) is 0 Å². The lowest BCUT2D eigenvalue weighted by Crippen LogP contribution is -2.31. The highest BCUT2D eigenvalue weighted by molar-refractivity contribution is 4.79. The van der Waals surface area contributed by atoms with Crippen molar-refractivity contribution < 1.29 is 10.2 Å². The Morgan fingerprint density at radius 3 is 1.65 bits per heavy atom. The zero-order valence-corrected chi connectivity index (χ0v) is 15.6. The second-order valence-electron chi connectivity index (χ2n) is 7.83. The Hall–Kier alpha value is -0.0800. The normalized spacial score (nSPS) is 24.9. The van der Waals surface area contributed by atoms with Crippen LogP contribution >= 0.6 is 0 Å². The summed E-state index contributed by atoms with van der Waals surface area (Å²) in [4.78, 5) is 0. The summed E-state index contributed by atoms with van der Waals surface area (Å²) in [5.41, 5.74) is 0. The summed E-state index contributed by atoms with van der Waals surface area (Å²) in [5.74, 6) is 0.353. The number of aliphatic hydroxyl groups is 2. The Kier molecular flexibility index (Phi) is 13.0. The molecule has 0 aromatic carbocycles. The average Bonchev–Trinajstić information content (AvgIpc) is 2.55. The van der Waals surface area contributed by atoms with E-state index in [4.69, 9.17) is 0 Å². The van der Waals surface area contributed by atoms with Gasteiger partial charge in [0.15, 0.2) is 0 Å². The zero-order valence-electron chi connectivity index (χ0n) is 15.6. The second-order valence-corrected chi connectivity index (χ2v) is 7.83. The van der Waals surface area contributed by atoms with E-state index in [1.54, 1.807) is 0 Å². The van der Waals surface area contributed by atoms with Crippen molar-refractivity contribution in [3.8, 4) is 0 Å². The molecule has 0 aromatic rings. The Morgan fingerprint density at radius 2 is 1.13 bits per heavy atom. The van der Waals surface area contributed by atoms with Crippen molar-refractivity contribution in [1.82, 2.24) is 0 Å². The first kappa shape index (κ1) is 21.0. The van der Waals surface area contributed by atoms with E-state index in [1.807, 2.05) is 0 Å². The number of unbranched alkanes of at least 4 members (excludes halogenated alkanes) is 12. The van der Waals surface area contributed by atoms with Gasteiger partial charge in [0.2, 0.25) is 0 Å². The molecule has 1 fully saturated rings. The van der Waals surface area contributed by atoms with Crippen LogP contribution in [0.15, 0.2) is 0 Å². The number of rotatable bonds is 14. The van der Waals surface area contributed by atoms with Crippen molar-refractivity contribution in [3.63, 3.8) is 0 Å². The zero-order chi connectivity index (χ0) is 16.8. The molecule has 3 atom stereocenters. The van der Waals surface area contributed by atoms with E-state index < -0.39 is 0 Å². The van der Waals surface area contributed by atoms with Crippen LogP contribution in [0, 0.1) is 5.92 Å². The first-order chi connectivity index (χ1) is 11.2. The third kappa shape index (κ3) is 11.2. The van der Waals surface area contributed by atoms with Crippen LogP contribution in [-0.2, 0) is 0 Å². The predicted molar refractivity (Wildman–Crippen MR) is 99.7 cm³/mol. The molecule has 0 saturated heterocycles. The Morgan fingerprint density at radius 1 is 0.652 bits per heavy atom. The molecule has 23 heavy (non-hydrogen) atoms. The fraction of sp³-hybridized carbons (Fsp3) is 1.00. The van der Waals surface area contributed by atoms with Crippen LogP contribution < -0.4 is 0 Å². The molecule has 0 aromatic heterocycles. The molecule has 1 aliphatic rings. The minimum Gasteiger partial charge on any atom is -0.393 e. The summed E-state index contributed by atoms with van der Waals surface area (Å²) in [6.07, 6.45) is 21.2. The monoisotopic (exact) mass is 326 g/mol. The van der Waals surface area contributed by atoms with E-state index in [1.165, 1.54) is 83.5 Å². The quantitative estimate of drug-likeness (QED) is 0.385. The van der Waals surface area contributed by atoms with E-state index >= 15 is 0 Å². The summed E-state index contributed by atoms with van der Waals surface area (Å²) in [6.45, 7) is 2.28. The Balaban J connectivity index is 1.79. The minimum atomic E-state index is -0.162. The maximum atomic E-state index is 9.97. The van der Waals surface area contributed by atoms with Crippen LogP contribution in [0.2, 0.25) is 0 Å². The minimum absolute atomic E-state index is 0.157. The van der Waals surface area contributed by atoms with Gasteiger partial charge in [-0.3, -0.25) is 0 Å². The maximum Gasteiger partial charge on any atom is 0.0570 e. The molecule has 2 nitrogen and oxygen atoms in total. The van der Waals surface area contributed by atoms with Crippen LogP contribution in [-0.4, -0.2) is 22.4 Å². The number of hydrogen-bond donors (Lipinski definition) is 2. The van der Waals surface area contributed by atoms with Gasteiger partial charge in [0, 0.05) is 0 Å². The molecule has 0 aliphatic heterocycles. The predicted octanol–water partition coefficient (Wildman–Crippen LogP) is 5.99. The lowest BCUT2D eigenvalue weighted by atomic mass is 9.81. The summed E-state index contributed by atoms with van der Waals surface area (Å²) >= 11 is 0. The number of aliphatic hydroxyl groups excluding tert-OH is 2. The van der Waals surface area contributed by atoms with E-state index in [2.05, 4.69) is 6.92 Å². The molecule has 0 radical (unpaired) electrons. The molecule has 2 heteroatoms. The van der Waals surface area contributed by atoms with E-state index in [-0.39, 0.29) is 12.2 Å². The third-order valence-electron chi connectivity index (χ3n) is 5.59. The Labute approximate surface area is 145 Å². The summed E-state index contributed by atoms with van der Waals surface area (Å²) < 4.78 is 0. The van der Waals surface area contributed by atoms with E-state index in [0.717, 1.165) is 25.7 Å². The van der Waals surface area contributed by atoms with Gasteiger partial charge in [0.25, 0.3) is 0 Å². The van der Waals surface area contributed by atoms with Crippen molar-refractivity contribution >= 4 is 0 Å². The highest BCUT2D eigenvalue weighted by atomic mass is 16.3. The molecule has 0 heterocycles. The van der Waals surface area contributed by atoms with E-state index in [9.17, 15) is 10.2 Å². The molecule has 0 spiro atoms. The molecule has 138 valence electrons. The average molecular weight is 327 g/mol. The molecule has 1 rings (SSSR count). The smallest absolute Gasteiger partial charge is 0.0570 e. The second kappa shape index (κ2) is 14.3. The van der Waals surface area contributed by atoms with Gasteiger partial charge < -0.3 is 10.2 Å². The fourth-order valence-electron chi connectivity index (χ4n) is 3.96. The third-order valence-corrected chi connectivity index (χ3v) is 5.59. The molecule has 1 aliphatic carbocycles. The highest BCUT2D eigenvalue weighted by Gasteiger charge is 2.27. The summed E-state index contributed by atoms with van der Waals surface area (Å²) in [7, 11) is 0. The van der Waals surface area contributed by atoms with Crippen molar-refractivity contribution in [2.75, 3.05) is 0 Å².